The summed E-state index contributed by atoms with van der Waals surface area (Å²) in [5, 5.41) is 11.1. The van der Waals surface area contributed by atoms with Gasteiger partial charge in [-0.25, -0.2) is 0 Å². The van der Waals surface area contributed by atoms with Crippen LogP contribution in [0.1, 0.15) is 19.3 Å². The van der Waals surface area contributed by atoms with E-state index in [2.05, 4.69) is 20.4 Å². The van der Waals surface area contributed by atoms with Crippen LogP contribution in [0, 0.1) is 0 Å². The van der Waals surface area contributed by atoms with E-state index in [-0.39, 0.29) is 11.9 Å². The largest absolute Gasteiger partial charge is 0.353 e. The van der Waals surface area contributed by atoms with E-state index in [9.17, 15) is 4.79 Å². The van der Waals surface area contributed by atoms with Gasteiger partial charge in [-0.15, -0.1) is 5.10 Å². The highest BCUT2D eigenvalue weighted by atomic mass is 16.2. The van der Waals surface area contributed by atoms with Crippen LogP contribution in [0.25, 0.3) is 0 Å². The van der Waals surface area contributed by atoms with Gasteiger partial charge in [0, 0.05) is 45.3 Å². The van der Waals surface area contributed by atoms with Gasteiger partial charge in [-0.2, -0.15) is 5.10 Å². The van der Waals surface area contributed by atoms with Crippen LogP contribution in [0.2, 0.25) is 0 Å². The molecule has 1 aliphatic rings. The molecule has 1 unspecified atom stereocenters. The van der Waals surface area contributed by atoms with Crippen molar-refractivity contribution in [2.24, 2.45) is 0 Å². The Morgan fingerprint density at radius 3 is 3.15 bits per heavy atom. The molecule has 1 atom stereocenters. The second-order valence-corrected chi connectivity index (χ2v) is 5.18. The van der Waals surface area contributed by atoms with E-state index < -0.39 is 0 Å². The molecular weight excluding hydrogens is 254 g/mol. The van der Waals surface area contributed by atoms with Crippen molar-refractivity contribution in [2.75, 3.05) is 38.6 Å². The molecule has 0 spiro atoms. The van der Waals surface area contributed by atoms with E-state index in [1.165, 1.54) is 0 Å². The molecule has 1 N–H and O–H groups in total. The summed E-state index contributed by atoms with van der Waals surface area (Å²) in [6, 6.07) is 4.13. The van der Waals surface area contributed by atoms with Crippen molar-refractivity contribution in [1.29, 1.82) is 0 Å². The number of piperidine rings is 1. The monoisotopic (exact) mass is 277 g/mol. The predicted molar refractivity (Wildman–Crippen MR) is 78.6 cm³/mol. The van der Waals surface area contributed by atoms with Crippen molar-refractivity contribution in [2.45, 2.75) is 25.3 Å². The first-order valence-electron chi connectivity index (χ1n) is 7.15. The predicted octanol–water partition coefficient (Wildman–Crippen LogP) is 0.513. The summed E-state index contributed by atoms with van der Waals surface area (Å²) < 4.78 is 0. The Bertz CT molecular complexity index is 425. The van der Waals surface area contributed by atoms with Crippen LogP contribution in [0.5, 0.6) is 0 Å². The summed E-state index contributed by atoms with van der Waals surface area (Å²) >= 11 is 0. The van der Waals surface area contributed by atoms with Gasteiger partial charge < -0.3 is 15.1 Å². The van der Waals surface area contributed by atoms with Crippen LogP contribution in [0.3, 0.4) is 0 Å². The van der Waals surface area contributed by atoms with Gasteiger partial charge in [0.2, 0.25) is 5.91 Å². The summed E-state index contributed by atoms with van der Waals surface area (Å²) in [5.74, 6) is 1.10. The Morgan fingerprint density at radius 2 is 2.45 bits per heavy atom. The highest BCUT2D eigenvalue weighted by molar-refractivity contribution is 5.76. The first-order valence-corrected chi connectivity index (χ1v) is 7.15. The average Bonchev–Trinajstić information content (AvgIpc) is 2.53. The molecule has 0 radical (unpaired) electrons. The second kappa shape index (κ2) is 7.19. The number of hydrogen-bond donors (Lipinski definition) is 1. The quantitative estimate of drug-likeness (QED) is 0.850. The summed E-state index contributed by atoms with van der Waals surface area (Å²) in [6.45, 7) is 2.54. The number of hydrogen-bond acceptors (Lipinski definition) is 5. The number of rotatable bonds is 5. The smallest absolute Gasteiger partial charge is 0.223 e. The van der Waals surface area contributed by atoms with Crippen LogP contribution < -0.4 is 10.2 Å². The normalized spacial score (nSPS) is 18.9. The second-order valence-electron chi connectivity index (χ2n) is 5.18. The molecule has 2 rings (SSSR count). The molecule has 6 heteroatoms. The topological polar surface area (TPSA) is 61.4 Å². The third kappa shape index (κ3) is 3.66. The van der Waals surface area contributed by atoms with Crippen LogP contribution in [-0.2, 0) is 4.79 Å². The number of aromatic nitrogens is 2. The lowest BCUT2D eigenvalue weighted by atomic mass is 10.0. The van der Waals surface area contributed by atoms with Gasteiger partial charge >= 0.3 is 0 Å². The van der Waals surface area contributed by atoms with E-state index in [4.69, 9.17) is 0 Å². The minimum absolute atomic E-state index is 0.199. The fourth-order valence-corrected chi connectivity index (χ4v) is 2.55. The van der Waals surface area contributed by atoms with Gasteiger partial charge in [0.05, 0.1) is 0 Å². The lowest BCUT2D eigenvalue weighted by Crippen LogP contribution is -2.49. The number of amides is 1. The van der Waals surface area contributed by atoms with E-state index in [0.29, 0.717) is 6.42 Å². The first-order chi connectivity index (χ1) is 9.72. The number of nitrogens with zero attached hydrogens (tertiary/aromatic N) is 4. The van der Waals surface area contributed by atoms with Crippen molar-refractivity contribution in [3.8, 4) is 0 Å². The molecular formula is C14H23N5O. The Labute approximate surface area is 120 Å². The third-order valence-electron chi connectivity index (χ3n) is 3.81. The van der Waals surface area contributed by atoms with E-state index in [0.717, 1.165) is 38.3 Å². The fraction of sp³-hybridized carbons (Fsp3) is 0.643. The summed E-state index contributed by atoms with van der Waals surface area (Å²) in [4.78, 5) is 16.2. The summed E-state index contributed by atoms with van der Waals surface area (Å²) in [5.41, 5.74) is 0. The molecule has 1 aliphatic heterocycles. The lowest BCUT2D eigenvalue weighted by Gasteiger charge is -2.38. The maximum atomic E-state index is 12.1. The molecule has 0 saturated carbocycles. The van der Waals surface area contributed by atoms with Gasteiger partial charge in [-0.1, -0.05) is 0 Å². The Hall–Kier alpha value is -1.69. The molecule has 0 aromatic carbocycles. The number of likely N-dealkylation sites (N-methyl/N-ethyl adjacent to an activating group) is 1. The van der Waals surface area contributed by atoms with Crippen LogP contribution in [-0.4, -0.2) is 60.8 Å². The number of nitrogens with one attached hydrogen (secondary N) is 1. The molecule has 1 saturated heterocycles. The molecule has 1 amide bonds. The van der Waals surface area contributed by atoms with Gasteiger partial charge in [-0.05, 0) is 32.0 Å². The zero-order valence-electron chi connectivity index (χ0n) is 12.2. The molecule has 0 bridgehead atoms. The van der Waals surface area contributed by atoms with Crippen molar-refractivity contribution in [3.05, 3.63) is 18.3 Å². The first kappa shape index (κ1) is 14.7. The van der Waals surface area contributed by atoms with Crippen molar-refractivity contribution < 1.29 is 4.79 Å². The van der Waals surface area contributed by atoms with Gasteiger partial charge in [-0.3, -0.25) is 4.79 Å². The third-order valence-corrected chi connectivity index (χ3v) is 3.81. The molecule has 20 heavy (non-hydrogen) atoms. The SMILES string of the molecule is CNCCC(=O)N(C)C1CCCN(c2cccnn2)C1. The van der Waals surface area contributed by atoms with E-state index in [1.807, 2.05) is 31.1 Å². The van der Waals surface area contributed by atoms with Crippen molar-refractivity contribution in [3.63, 3.8) is 0 Å². The summed E-state index contributed by atoms with van der Waals surface area (Å²) in [7, 11) is 3.77. The highest BCUT2D eigenvalue weighted by Gasteiger charge is 2.26. The zero-order valence-corrected chi connectivity index (χ0v) is 12.2. The number of carbonyl (C=O) groups excluding carboxylic acids is 1. The maximum Gasteiger partial charge on any atom is 0.223 e. The highest BCUT2D eigenvalue weighted by Crippen LogP contribution is 2.19. The molecule has 2 heterocycles. The zero-order chi connectivity index (χ0) is 14.4. The number of carbonyl (C=O) groups is 1. The van der Waals surface area contributed by atoms with Crippen LogP contribution in [0.15, 0.2) is 18.3 Å². The van der Waals surface area contributed by atoms with Crippen LogP contribution >= 0.6 is 0 Å². The molecule has 6 nitrogen and oxygen atoms in total. The molecule has 110 valence electrons. The van der Waals surface area contributed by atoms with E-state index in [1.54, 1.807) is 6.20 Å². The molecule has 1 aromatic heterocycles. The maximum absolute atomic E-state index is 12.1. The molecule has 1 aromatic rings. The van der Waals surface area contributed by atoms with Gasteiger partial charge in [0.1, 0.15) is 0 Å². The van der Waals surface area contributed by atoms with Crippen molar-refractivity contribution in [1.82, 2.24) is 20.4 Å². The van der Waals surface area contributed by atoms with Gasteiger partial charge in [0.25, 0.3) is 0 Å². The molecule has 0 aliphatic carbocycles. The minimum atomic E-state index is 0.199. The van der Waals surface area contributed by atoms with Gasteiger partial charge in [0.15, 0.2) is 5.82 Å². The minimum Gasteiger partial charge on any atom is -0.353 e. The lowest BCUT2D eigenvalue weighted by molar-refractivity contribution is -0.132. The Morgan fingerprint density at radius 1 is 1.60 bits per heavy atom. The summed E-state index contributed by atoms with van der Waals surface area (Å²) in [6.07, 6.45) is 4.36. The van der Waals surface area contributed by atoms with Crippen LogP contribution in [0.4, 0.5) is 5.82 Å². The van der Waals surface area contributed by atoms with Crippen molar-refractivity contribution >= 4 is 11.7 Å². The number of anilines is 1. The van der Waals surface area contributed by atoms with E-state index >= 15 is 0 Å². The standard InChI is InChI=1S/C14H23N5O/c1-15-9-7-14(20)18(2)12-5-4-10-19(11-12)13-6-3-8-16-17-13/h3,6,8,12,15H,4-5,7,9-11H2,1-2H3. The Kier molecular flexibility index (Phi) is 5.29. The Balaban J connectivity index is 1.94. The fourth-order valence-electron chi connectivity index (χ4n) is 2.55. The average molecular weight is 277 g/mol. The molecule has 1 fully saturated rings.